The lowest BCUT2D eigenvalue weighted by molar-refractivity contribution is -0.134. The van der Waals surface area contributed by atoms with Crippen LogP contribution in [0.5, 0.6) is 11.5 Å². The van der Waals surface area contributed by atoms with Gasteiger partial charge in [0.25, 0.3) is 0 Å². The zero-order chi connectivity index (χ0) is 12.2. The lowest BCUT2D eigenvalue weighted by atomic mass is 10.3. The van der Waals surface area contributed by atoms with Crippen LogP contribution < -0.4 is 9.26 Å². The van der Waals surface area contributed by atoms with Crippen molar-refractivity contribution in [2.45, 2.75) is 13.3 Å². The number of ether oxygens (including phenoxy) is 1. The van der Waals surface area contributed by atoms with Gasteiger partial charge in [-0.05, 0) is 12.1 Å². The molecule has 6 nitrogen and oxygen atoms in total. The molecule has 0 fully saturated rings. The maximum absolute atomic E-state index is 11.0. The third kappa shape index (κ3) is 4.44. The molecule has 0 atom stereocenters. The minimum absolute atomic E-state index is 0.0604. The molecule has 7 heteroatoms. The van der Waals surface area contributed by atoms with Crippen molar-refractivity contribution in [1.82, 2.24) is 0 Å². The molecular weight excluding hydrogens is 235 g/mol. The van der Waals surface area contributed by atoms with Gasteiger partial charge in [0.2, 0.25) is 0 Å². The average molecular weight is 246 g/mol. The molecule has 0 spiro atoms. The van der Waals surface area contributed by atoms with E-state index in [9.17, 15) is 9.36 Å². The van der Waals surface area contributed by atoms with Crippen LogP contribution in [0.25, 0.3) is 0 Å². The molecular formula is C9H11O6P. The van der Waals surface area contributed by atoms with E-state index >= 15 is 0 Å². The van der Waals surface area contributed by atoms with E-state index in [1.807, 2.05) is 0 Å². The number of esters is 1. The van der Waals surface area contributed by atoms with E-state index in [1.54, 1.807) is 6.92 Å². The molecule has 0 bridgehead atoms. The van der Waals surface area contributed by atoms with E-state index in [0.29, 0.717) is 0 Å². The highest BCUT2D eigenvalue weighted by Crippen LogP contribution is 2.38. The van der Waals surface area contributed by atoms with Crippen molar-refractivity contribution in [2.75, 3.05) is 0 Å². The van der Waals surface area contributed by atoms with E-state index in [0.717, 1.165) is 0 Å². The molecule has 1 aromatic carbocycles. The Morgan fingerprint density at radius 3 is 2.56 bits per heavy atom. The fourth-order valence-electron chi connectivity index (χ4n) is 0.935. The molecule has 0 aliphatic heterocycles. The standard InChI is InChI=1S/C9H11O6P/c1-2-9(10)14-7-4-3-5-8(6-7)15-16(11,12)13/h3-6H,2H2,1H3,(H2,11,12,13). The Morgan fingerprint density at radius 1 is 1.38 bits per heavy atom. The largest absolute Gasteiger partial charge is 0.524 e. The Morgan fingerprint density at radius 2 is 2.00 bits per heavy atom. The van der Waals surface area contributed by atoms with Crippen LogP contribution in [0.1, 0.15) is 13.3 Å². The molecule has 0 aliphatic rings. The van der Waals surface area contributed by atoms with E-state index in [-0.39, 0.29) is 17.9 Å². The predicted octanol–water partition coefficient (Wildman–Crippen LogP) is 1.47. The summed E-state index contributed by atoms with van der Waals surface area (Å²) in [4.78, 5) is 28.1. The summed E-state index contributed by atoms with van der Waals surface area (Å²) in [5.41, 5.74) is 0. The second-order valence-electron chi connectivity index (χ2n) is 2.88. The van der Waals surface area contributed by atoms with Crippen LogP contribution in [0, 0.1) is 0 Å². The predicted molar refractivity (Wildman–Crippen MR) is 55.0 cm³/mol. The summed E-state index contributed by atoms with van der Waals surface area (Å²) in [6.07, 6.45) is 0.212. The molecule has 0 unspecified atom stereocenters. The van der Waals surface area contributed by atoms with Gasteiger partial charge < -0.3 is 9.26 Å². The fourth-order valence-corrected chi connectivity index (χ4v) is 1.32. The van der Waals surface area contributed by atoms with Gasteiger partial charge in [0, 0.05) is 12.5 Å². The lowest BCUT2D eigenvalue weighted by Crippen LogP contribution is -2.05. The van der Waals surface area contributed by atoms with Crippen molar-refractivity contribution < 1.29 is 28.4 Å². The first-order valence-electron chi connectivity index (χ1n) is 4.46. The number of benzene rings is 1. The lowest BCUT2D eigenvalue weighted by Gasteiger charge is -2.08. The highest BCUT2D eigenvalue weighted by atomic mass is 31.2. The highest BCUT2D eigenvalue weighted by Gasteiger charge is 2.16. The molecule has 0 amide bonds. The summed E-state index contributed by atoms with van der Waals surface area (Å²) in [6, 6.07) is 5.53. The molecule has 0 aromatic heterocycles. The van der Waals surface area contributed by atoms with Crippen LogP contribution in [0.3, 0.4) is 0 Å². The van der Waals surface area contributed by atoms with Crippen molar-refractivity contribution in [3.8, 4) is 11.5 Å². The average Bonchev–Trinajstić information content (AvgIpc) is 2.15. The number of rotatable bonds is 4. The topological polar surface area (TPSA) is 93.1 Å². The van der Waals surface area contributed by atoms with Crippen molar-refractivity contribution in [1.29, 1.82) is 0 Å². The summed E-state index contributed by atoms with van der Waals surface area (Å²) < 4.78 is 19.7. The van der Waals surface area contributed by atoms with Crippen LogP contribution in [-0.4, -0.2) is 15.8 Å². The Balaban J connectivity index is 2.79. The molecule has 0 saturated heterocycles. The first-order valence-corrected chi connectivity index (χ1v) is 5.99. The van der Waals surface area contributed by atoms with Crippen LogP contribution in [-0.2, 0) is 9.36 Å². The SMILES string of the molecule is CCC(=O)Oc1cccc(OP(=O)(O)O)c1. The zero-order valence-electron chi connectivity index (χ0n) is 8.49. The zero-order valence-corrected chi connectivity index (χ0v) is 9.39. The molecule has 2 N–H and O–H groups in total. The van der Waals surface area contributed by atoms with Crippen molar-refractivity contribution in [3.05, 3.63) is 24.3 Å². The number of hydrogen-bond donors (Lipinski definition) is 2. The van der Waals surface area contributed by atoms with Gasteiger partial charge in [0.05, 0.1) is 0 Å². The van der Waals surface area contributed by atoms with Crippen LogP contribution in [0.2, 0.25) is 0 Å². The van der Waals surface area contributed by atoms with Gasteiger partial charge in [-0.25, -0.2) is 4.57 Å². The van der Waals surface area contributed by atoms with Crippen molar-refractivity contribution in [3.63, 3.8) is 0 Å². The molecule has 16 heavy (non-hydrogen) atoms. The second-order valence-corrected chi connectivity index (χ2v) is 4.05. The minimum atomic E-state index is -4.59. The Kier molecular flexibility index (Phi) is 4.06. The number of carbonyl (C=O) groups excluding carboxylic acids is 1. The Bertz CT molecular complexity index is 424. The van der Waals surface area contributed by atoms with Crippen LogP contribution in [0.4, 0.5) is 0 Å². The quantitative estimate of drug-likeness (QED) is 0.474. The number of carbonyl (C=O) groups is 1. The van der Waals surface area contributed by atoms with Gasteiger partial charge in [0.1, 0.15) is 11.5 Å². The third-order valence-electron chi connectivity index (χ3n) is 1.55. The Hall–Kier alpha value is -1.36. The van der Waals surface area contributed by atoms with E-state index in [2.05, 4.69) is 4.52 Å². The van der Waals surface area contributed by atoms with E-state index < -0.39 is 13.8 Å². The maximum atomic E-state index is 11.0. The van der Waals surface area contributed by atoms with Crippen LogP contribution >= 0.6 is 7.82 Å². The molecule has 0 heterocycles. The van der Waals surface area contributed by atoms with Crippen LogP contribution in [0.15, 0.2) is 24.3 Å². The van der Waals surface area contributed by atoms with Gasteiger partial charge in [-0.2, -0.15) is 0 Å². The monoisotopic (exact) mass is 246 g/mol. The molecule has 0 radical (unpaired) electrons. The van der Waals surface area contributed by atoms with Gasteiger partial charge in [-0.1, -0.05) is 13.0 Å². The van der Waals surface area contributed by atoms with Gasteiger partial charge >= 0.3 is 13.8 Å². The summed E-state index contributed by atoms with van der Waals surface area (Å²) in [5.74, 6) is -0.319. The third-order valence-corrected chi connectivity index (χ3v) is 2.00. The number of phosphoric acid groups is 1. The molecule has 1 rings (SSSR count). The molecule has 88 valence electrons. The number of phosphoric ester groups is 1. The summed E-state index contributed by atoms with van der Waals surface area (Å²) in [6.45, 7) is 1.64. The first kappa shape index (κ1) is 12.7. The normalized spacial score (nSPS) is 10.9. The highest BCUT2D eigenvalue weighted by molar-refractivity contribution is 7.46. The Labute approximate surface area is 92.1 Å². The van der Waals surface area contributed by atoms with Crippen molar-refractivity contribution in [2.24, 2.45) is 0 Å². The van der Waals surface area contributed by atoms with Gasteiger partial charge in [0.15, 0.2) is 0 Å². The fraction of sp³-hybridized carbons (Fsp3) is 0.222. The van der Waals surface area contributed by atoms with Gasteiger partial charge in [-0.15, -0.1) is 0 Å². The first-order chi connectivity index (χ1) is 7.40. The maximum Gasteiger partial charge on any atom is 0.524 e. The second kappa shape index (κ2) is 5.12. The van der Waals surface area contributed by atoms with E-state index in [4.69, 9.17) is 14.5 Å². The van der Waals surface area contributed by atoms with E-state index in [1.165, 1.54) is 24.3 Å². The summed E-state index contributed by atoms with van der Waals surface area (Å²) in [5, 5.41) is 0. The minimum Gasteiger partial charge on any atom is -0.426 e. The van der Waals surface area contributed by atoms with Crippen molar-refractivity contribution >= 4 is 13.8 Å². The molecule has 1 aromatic rings. The smallest absolute Gasteiger partial charge is 0.426 e. The summed E-state index contributed by atoms with van der Waals surface area (Å²) >= 11 is 0. The van der Waals surface area contributed by atoms with Gasteiger partial charge in [-0.3, -0.25) is 14.6 Å². The molecule has 0 saturated carbocycles. The molecule has 0 aliphatic carbocycles. The summed E-state index contributed by atoms with van der Waals surface area (Å²) in [7, 11) is -4.59. The number of hydrogen-bond acceptors (Lipinski definition) is 4.